The summed E-state index contributed by atoms with van der Waals surface area (Å²) in [5.74, 6) is -0.225. The fourth-order valence-corrected chi connectivity index (χ4v) is 2.54. The summed E-state index contributed by atoms with van der Waals surface area (Å²) in [6, 6.07) is 10.6. The first kappa shape index (κ1) is 14.0. The van der Waals surface area contributed by atoms with Crippen LogP contribution in [-0.4, -0.2) is 55.0 Å². The van der Waals surface area contributed by atoms with Gasteiger partial charge in [0.05, 0.1) is 6.54 Å². The number of amides is 1. The third-order valence-electron chi connectivity index (χ3n) is 3.63. The van der Waals surface area contributed by atoms with Crippen LogP contribution in [0.2, 0.25) is 0 Å². The molecule has 0 unspecified atom stereocenters. The van der Waals surface area contributed by atoms with Crippen molar-refractivity contribution in [2.75, 3.05) is 39.3 Å². The van der Waals surface area contributed by atoms with Crippen LogP contribution in [0.4, 0.5) is 0 Å². The number of nitrogens with two attached hydrogens (primary N) is 1. The van der Waals surface area contributed by atoms with Crippen molar-refractivity contribution in [3.05, 3.63) is 35.9 Å². The minimum Gasteiger partial charge on any atom is -0.369 e. The Bertz CT molecular complexity index is 386. The predicted molar refractivity (Wildman–Crippen MR) is 76.8 cm³/mol. The standard InChI is InChI=1S/C15H23N3O/c16-15(19)13-18-11-9-17(10-12-18)8-4-7-14-5-2-1-3-6-14/h1-3,5-6H,4,7-13H2,(H2,16,19). The molecule has 1 aliphatic heterocycles. The number of rotatable bonds is 6. The van der Waals surface area contributed by atoms with Crippen molar-refractivity contribution in [1.29, 1.82) is 0 Å². The van der Waals surface area contributed by atoms with Crippen LogP contribution in [0.5, 0.6) is 0 Å². The van der Waals surface area contributed by atoms with Crippen LogP contribution in [0, 0.1) is 0 Å². The molecular weight excluding hydrogens is 238 g/mol. The quantitative estimate of drug-likeness (QED) is 0.821. The zero-order valence-corrected chi connectivity index (χ0v) is 11.4. The predicted octanol–water partition coefficient (Wildman–Crippen LogP) is 0.722. The Morgan fingerprint density at radius 2 is 1.68 bits per heavy atom. The molecule has 1 saturated heterocycles. The molecule has 0 radical (unpaired) electrons. The number of carbonyl (C=O) groups excluding carboxylic acids is 1. The molecule has 0 saturated carbocycles. The Balaban J connectivity index is 1.62. The lowest BCUT2D eigenvalue weighted by Crippen LogP contribution is -2.48. The highest BCUT2D eigenvalue weighted by atomic mass is 16.1. The van der Waals surface area contributed by atoms with E-state index in [0.717, 1.165) is 39.1 Å². The van der Waals surface area contributed by atoms with Gasteiger partial charge in [0.25, 0.3) is 0 Å². The maximum absolute atomic E-state index is 10.8. The number of aryl methyl sites for hydroxylation is 1. The van der Waals surface area contributed by atoms with Crippen molar-refractivity contribution in [2.24, 2.45) is 5.73 Å². The highest BCUT2D eigenvalue weighted by Crippen LogP contribution is 2.06. The number of hydrogen-bond acceptors (Lipinski definition) is 3. The number of benzene rings is 1. The molecule has 4 heteroatoms. The van der Waals surface area contributed by atoms with Crippen LogP contribution in [0.15, 0.2) is 30.3 Å². The fourth-order valence-electron chi connectivity index (χ4n) is 2.54. The average Bonchev–Trinajstić information content (AvgIpc) is 2.41. The highest BCUT2D eigenvalue weighted by Gasteiger charge is 2.17. The largest absolute Gasteiger partial charge is 0.369 e. The molecular formula is C15H23N3O. The Kier molecular flexibility index (Phi) is 5.36. The van der Waals surface area contributed by atoms with Crippen LogP contribution in [0.1, 0.15) is 12.0 Å². The average molecular weight is 261 g/mol. The van der Waals surface area contributed by atoms with E-state index in [2.05, 4.69) is 40.1 Å². The molecule has 1 aromatic carbocycles. The smallest absolute Gasteiger partial charge is 0.231 e. The zero-order valence-electron chi connectivity index (χ0n) is 11.4. The van der Waals surface area contributed by atoms with E-state index in [9.17, 15) is 4.79 Å². The lowest BCUT2D eigenvalue weighted by molar-refractivity contribution is -0.119. The minimum absolute atomic E-state index is 0.225. The van der Waals surface area contributed by atoms with Gasteiger partial charge in [-0.25, -0.2) is 0 Å². The summed E-state index contributed by atoms with van der Waals surface area (Å²) in [6.45, 7) is 5.53. The Labute approximate surface area is 115 Å². The second kappa shape index (κ2) is 7.26. The minimum atomic E-state index is -0.225. The van der Waals surface area contributed by atoms with Gasteiger partial charge >= 0.3 is 0 Å². The maximum atomic E-state index is 10.8. The molecule has 1 aliphatic rings. The van der Waals surface area contributed by atoms with Crippen LogP contribution >= 0.6 is 0 Å². The summed E-state index contributed by atoms with van der Waals surface area (Å²) < 4.78 is 0. The molecule has 104 valence electrons. The Morgan fingerprint density at radius 1 is 1.05 bits per heavy atom. The Morgan fingerprint density at radius 3 is 2.32 bits per heavy atom. The van der Waals surface area contributed by atoms with E-state index >= 15 is 0 Å². The Hall–Kier alpha value is -1.39. The first-order chi connectivity index (χ1) is 9.24. The van der Waals surface area contributed by atoms with Crippen LogP contribution in [0.3, 0.4) is 0 Å². The van der Waals surface area contributed by atoms with Crippen molar-refractivity contribution < 1.29 is 4.79 Å². The number of nitrogens with zero attached hydrogens (tertiary/aromatic N) is 2. The second-order valence-electron chi connectivity index (χ2n) is 5.17. The second-order valence-corrected chi connectivity index (χ2v) is 5.17. The van der Waals surface area contributed by atoms with Crippen molar-refractivity contribution in [3.8, 4) is 0 Å². The van der Waals surface area contributed by atoms with Gasteiger partial charge in [-0.05, 0) is 24.9 Å². The van der Waals surface area contributed by atoms with Crippen LogP contribution in [0.25, 0.3) is 0 Å². The summed E-state index contributed by atoms with van der Waals surface area (Å²) in [6.07, 6.45) is 2.34. The molecule has 2 N–H and O–H groups in total. The molecule has 1 fully saturated rings. The maximum Gasteiger partial charge on any atom is 0.231 e. The fraction of sp³-hybridized carbons (Fsp3) is 0.533. The van der Waals surface area contributed by atoms with E-state index in [-0.39, 0.29) is 5.91 Å². The van der Waals surface area contributed by atoms with Gasteiger partial charge in [0.15, 0.2) is 0 Å². The summed E-state index contributed by atoms with van der Waals surface area (Å²) in [4.78, 5) is 15.5. The van der Waals surface area contributed by atoms with Gasteiger partial charge in [0.2, 0.25) is 5.91 Å². The SMILES string of the molecule is NC(=O)CN1CCN(CCCc2ccccc2)CC1. The monoisotopic (exact) mass is 261 g/mol. The van der Waals surface area contributed by atoms with Crippen LogP contribution in [-0.2, 0) is 11.2 Å². The van der Waals surface area contributed by atoms with E-state index in [1.54, 1.807) is 0 Å². The van der Waals surface area contributed by atoms with Gasteiger partial charge < -0.3 is 10.6 Å². The molecule has 2 rings (SSSR count). The van der Waals surface area contributed by atoms with Gasteiger partial charge in [-0.3, -0.25) is 9.69 Å². The topological polar surface area (TPSA) is 49.6 Å². The van der Waals surface area contributed by atoms with E-state index in [0.29, 0.717) is 6.54 Å². The van der Waals surface area contributed by atoms with E-state index in [1.165, 1.54) is 12.0 Å². The lowest BCUT2D eigenvalue weighted by atomic mass is 10.1. The van der Waals surface area contributed by atoms with E-state index < -0.39 is 0 Å². The van der Waals surface area contributed by atoms with Crippen molar-refractivity contribution in [3.63, 3.8) is 0 Å². The zero-order chi connectivity index (χ0) is 13.5. The first-order valence-electron chi connectivity index (χ1n) is 7.01. The van der Waals surface area contributed by atoms with Gasteiger partial charge in [-0.1, -0.05) is 30.3 Å². The number of piperazine rings is 1. The van der Waals surface area contributed by atoms with E-state index in [1.807, 2.05) is 0 Å². The van der Waals surface area contributed by atoms with Gasteiger partial charge in [0.1, 0.15) is 0 Å². The molecule has 1 aromatic rings. The van der Waals surface area contributed by atoms with Gasteiger partial charge in [-0.2, -0.15) is 0 Å². The molecule has 19 heavy (non-hydrogen) atoms. The molecule has 0 aliphatic carbocycles. The van der Waals surface area contributed by atoms with Gasteiger partial charge in [0, 0.05) is 26.2 Å². The molecule has 1 amide bonds. The van der Waals surface area contributed by atoms with Gasteiger partial charge in [-0.15, -0.1) is 0 Å². The first-order valence-corrected chi connectivity index (χ1v) is 7.01. The van der Waals surface area contributed by atoms with Crippen molar-refractivity contribution in [2.45, 2.75) is 12.8 Å². The molecule has 0 spiro atoms. The third-order valence-corrected chi connectivity index (χ3v) is 3.63. The molecule has 0 aromatic heterocycles. The van der Waals surface area contributed by atoms with Crippen LogP contribution < -0.4 is 5.73 Å². The molecule has 1 heterocycles. The molecule has 0 atom stereocenters. The lowest BCUT2D eigenvalue weighted by Gasteiger charge is -2.33. The van der Waals surface area contributed by atoms with Crippen molar-refractivity contribution >= 4 is 5.91 Å². The van der Waals surface area contributed by atoms with Crippen molar-refractivity contribution in [1.82, 2.24) is 9.80 Å². The molecule has 4 nitrogen and oxygen atoms in total. The van der Waals surface area contributed by atoms with E-state index in [4.69, 9.17) is 5.73 Å². The number of hydrogen-bond donors (Lipinski definition) is 1. The summed E-state index contributed by atoms with van der Waals surface area (Å²) >= 11 is 0. The number of primary amides is 1. The highest BCUT2D eigenvalue weighted by molar-refractivity contribution is 5.75. The summed E-state index contributed by atoms with van der Waals surface area (Å²) in [5.41, 5.74) is 6.62. The molecule has 0 bridgehead atoms. The summed E-state index contributed by atoms with van der Waals surface area (Å²) in [5, 5.41) is 0. The summed E-state index contributed by atoms with van der Waals surface area (Å²) in [7, 11) is 0. The third kappa shape index (κ3) is 5.01. The normalized spacial score (nSPS) is 17.5. The number of carbonyl (C=O) groups is 1.